The number of carbonyl (C=O) groups is 2. The highest BCUT2D eigenvalue weighted by molar-refractivity contribution is 5.94. The number of fused-ring (bicyclic) bond motifs is 4. The number of benzene rings is 3. The molecule has 3 aromatic carbocycles. The molecule has 1 atom stereocenters. The van der Waals surface area contributed by atoms with Crippen LogP contribution in [-0.2, 0) is 16.1 Å². The van der Waals surface area contributed by atoms with Crippen LogP contribution in [0.3, 0.4) is 0 Å². The highest BCUT2D eigenvalue weighted by atomic mass is 35.5. The molecule has 192 valence electrons. The number of aliphatic hydroxyl groups is 1. The zero-order valence-electron chi connectivity index (χ0n) is 20.6. The molecule has 3 aromatic rings. The van der Waals surface area contributed by atoms with E-state index in [1.54, 1.807) is 0 Å². The average molecular weight is 520 g/mol. The lowest BCUT2D eigenvalue weighted by Gasteiger charge is -2.40. The topological polar surface area (TPSA) is 82.1 Å². The standard InChI is InChI=1S/C29H29N3O4.ClH/c1-18-5-4-6-19-17-36-29(35)32(27(18)19)21-11-13-31(14-12-21)16-26(33)30-20-9-10-23-22-7-2-3-8-24(22)28(34)25(23)15-20;/h2-10,15,21,28,34H,11-14,16-17H2,1H3,(H,30,33);1H. The predicted molar refractivity (Wildman–Crippen MR) is 145 cm³/mol. The van der Waals surface area contributed by atoms with Crippen LogP contribution in [0, 0.1) is 6.92 Å². The van der Waals surface area contributed by atoms with E-state index in [0.29, 0.717) is 12.3 Å². The lowest BCUT2D eigenvalue weighted by molar-refractivity contribution is -0.117. The van der Waals surface area contributed by atoms with E-state index in [1.807, 2.05) is 72.5 Å². The number of hydrogen-bond donors (Lipinski definition) is 2. The molecule has 7 nitrogen and oxygen atoms in total. The number of aryl methyl sites for hydroxylation is 1. The molecular weight excluding hydrogens is 490 g/mol. The first-order valence-corrected chi connectivity index (χ1v) is 12.5. The Morgan fingerprint density at radius 1 is 1.03 bits per heavy atom. The summed E-state index contributed by atoms with van der Waals surface area (Å²) in [5, 5.41) is 13.7. The van der Waals surface area contributed by atoms with Gasteiger partial charge in [0.25, 0.3) is 0 Å². The summed E-state index contributed by atoms with van der Waals surface area (Å²) in [5.41, 5.74) is 7.54. The number of aliphatic hydroxyl groups excluding tert-OH is 1. The molecule has 1 fully saturated rings. The van der Waals surface area contributed by atoms with Gasteiger partial charge in [-0.1, -0.05) is 48.5 Å². The summed E-state index contributed by atoms with van der Waals surface area (Å²) in [6.45, 7) is 4.08. The quantitative estimate of drug-likeness (QED) is 0.505. The normalized spacial score (nSPS) is 18.8. The lowest BCUT2D eigenvalue weighted by Crippen LogP contribution is -2.50. The first-order valence-electron chi connectivity index (χ1n) is 12.5. The fourth-order valence-corrected chi connectivity index (χ4v) is 5.81. The number of piperidine rings is 1. The van der Waals surface area contributed by atoms with Gasteiger partial charge in [0.15, 0.2) is 0 Å². The van der Waals surface area contributed by atoms with Crippen LogP contribution in [0.5, 0.6) is 0 Å². The van der Waals surface area contributed by atoms with Crippen LogP contribution in [0.15, 0.2) is 60.7 Å². The molecule has 0 radical (unpaired) electrons. The van der Waals surface area contributed by atoms with Gasteiger partial charge in [-0.3, -0.25) is 14.6 Å². The second-order valence-corrected chi connectivity index (χ2v) is 9.85. The summed E-state index contributed by atoms with van der Waals surface area (Å²) in [4.78, 5) is 29.4. The third-order valence-electron chi connectivity index (χ3n) is 7.57. The minimum Gasteiger partial charge on any atom is -0.444 e. The number of hydrogen-bond acceptors (Lipinski definition) is 5. The summed E-state index contributed by atoms with van der Waals surface area (Å²) in [5.74, 6) is -0.0861. The molecule has 3 aliphatic rings. The molecule has 2 amide bonds. The lowest BCUT2D eigenvalue weighted by atomic mass is 9.99. The fourth-order valence-electron chi connectivity index (χ4n) is 5.81. The fraction of sp³-hybridized carbons (Fsp3) is 0.310. The number of anilines is 2. The van der Waals surface area contributed by atoms with Crippen LogP contribution < -0.4 is 10.2 Å². The number of nitrogens with one attached hydrogen (secondary N) is 1. The van der Waals surface area contributed by atoms with E-state index in [2.05, 4.69) is 10.2 Å². The molecule has 2 heterocycles. The maximum Gasteiger partial charge on any atom is 0.414 e. The Labute approximate surface area is 222 Å². The predicted octanol–water partition coefficient (Wildman–Crippen LogP) is 5.04. The molecule has 1 unspecified atom stereocenters. The third kappa shape index (κ3) is 4.59. The van der Waals surface area contributed by atoms with Crippen molar-refractivity contribution in [3.05, 3.63) is 82.9 Å². The van der Waals surface area contributed by atoms with E-state index < -0.39 is 6.10 Å². The molecular formula is C29H30ClN3O4. The minimum atomic E-state index is -0.678. The van der Waals surface area contributed by atoms with Crippen molar-refractivity contribution in [2.75, 3.05) is 29.9 Å². The van der Waals surface area contributed by atoms with Crippen molar-refractivity contribution in [3.8, 4) is 11.1 Å². The zero-order valence-corrected chi connectivity index (χ0v) is 21.5. The Kier molecular flexibility index (Phi) is 6.94. The van der Waals surface area contributed by atoms with Crippen LogP contribution >= 0.6 is 12.4 Å². The van der Waals surface area contributed by atoms with Crippen molar-refractivity contribution < 1.29 is 19.4 Å². The van der Waals surface area contributed by atoms with Crippen molar-refractivity contribution in [1.29, 1.82) is 0 Å². The Morgan fingerprint density at radius 3 is 2.59 bits per heavy atom. The van der Waals surface area contributed by atoms with Crippen LogP contribution in [0.4, 0.5) is 16.2 Å². The van der Waals surface area contributed by atoms with E-state index >= 15 is 0 Å². The number of halogens is 1. The third-order valence-corrected chi connectivity index (χ3v) is 7.57. The highest BCUT2D eigenvalue weighted by Crippen LogP contribution is 2.44. The van der Waals surface area contributed by atoms with E-state index in [4.69, 9.17) is 4.74 Å². The molecule has 0 bridgehead atoms. The van der Waals surface area contributed by atoms with Crippen LogP contribution in [-0.4, -0.2) is 47.7 Å². The van der Waals surface area contributed by atoms with Crippen LogP contribution in [0.1, 0.15) is 41.2 Å². The molecule has 0 aromatic heterocycles. The molecule has 6 rings (SSSR count). The van der Waals surface area contributed by atoms with E-state index in [1.165, 1.54) is 0 Å². The second kappa shape index (κ2) is 10.2. The Morgan fingerprint density at radius 2 is 1.78 bits per heavy atom. The van der Waals surface area contributed by atoms with Crippen molar-refractivity contribution in [2.45, 2.75) is 38.5 Å². The maximum absolute atomic E-state index is 12.8. The summed E-state index contributed by atoms with van der Waals surface area (Å²) < 4.78 is 5.43. The number of carbonyl (C=O) groups excluding carboxylic acids is 2. The number of amides is 2. The van der Waals surface area contributed by atoms with Gasteiger partial charge >= 0.3 is 6.09 Å². The maximum atomic E-state index is 12.8. The van der Waals surface area contributed by atoms with Crippen molar-refractivity contribution in [1.82, 2.24) is 4.90 Å². The number of cyclic esters (lactones) is 1. The van der Waals surface area contributed by atoms with Gasteiger partial charge in [-0.25, -0.2) is 4.79 Å². The van der Waals surface area contributed by atoms with E-state index in [-0.39, 0.29) is 37.0 Å². The number of likely N-dealkylation sites (tertiary alicyclic amines) is 1. The minimum absolute atomic E-state index is 0. The highest BCUT2D eigenvalue weighted by Gasteiger charge is 2.35. The van der Waals surface area contributed by atoms with Crippen molar-refractivity contribution in [3.63, 3.8) is 0 Å². The van der Waals surface area contributed by atoms with Gasteiger partial charge in [-0.2, -0.15) is 0 Å². The van der Waals surface area contributed by atoms with Gasteiger partial charge in [0.2, 0.25) is 5.91 Å². The van der Waals surface area contributed by atoms with E-state index in [0.717, 1.165) is 65.0 Å². The molecule has 37 heavy (non-hydrogen) atoms. The van der Waals surface area contributed by atoms with Crippen LogP contribution in [0.25, 0.3) is 11.1 Å². The molecule has 2 N–H and O–H groups in total. The number of ether oxygens (including phenoxy) is 1. The average Bonchev–Trinajstić information content (AvgIpc) is 3.16. The molecule has 0 spiro atoms. The summed E-state index contributed by atoms with van der Waals surface area (Å²) in [6, 6.07) is 19.6. The second-order valence-electron chi connectivity index (χ2n) is 9.85. The summed E-state index contributed by atoms with van der Waals surface area (Å²) >= 11 is 0. The van der Waals surface area contributed by atoms with Gasteiger partial charge in [0.05, 0.1) is 12.2 Å². The Balaban J connectivity index is 0.00000280. The number of rotatable bonds is 4. The monoisotopic (exact) mass is 519 g/mol. The molecule has 8 heteroatoms. The summed E-state index contributed by atoms with van der Waals surface area (Å²) in [7, 11) is 0. The Bertz CT molecular complexity index is 1350. The smallest absolute Gasteiger partial charge is 0.414 e. The van der Waals surface area contributed by atoms with Crippen molar-refractivity contribution in [2.24, 2.45) is 0 Å². The molecule has 1 aliphatic carbocycles. The van der Waals surface area contributed by atoms with Gasteiger partial charge < -0.3 is 15.2 Å². The summed E-state index contributed by atoms with van der Waals surface area (Å²) in [6.07, 6.45) is 0.593. The molecule has 2 aliphatic heterocycles. The zero-order chi connectivity index (χ0) is 24.8. The van der Waals surface area contributed by atoms with E-state index in [9.17, 15) is 14.7 Å². The first-order chi connectivity index (χ1) is 17.5. The number of nitrogens with zero attached hydrogens (tertiary/aromatic N) is 2. The van der Waals surface area contributed by atoms with Gasteiger partial charge in [0, 0.05) is 30.4 Å². The van der Waals surface area contributed by atoms with Gasteiger partial charge in [-0.05, 0) is 59.7 Å². The SMILES string of the molecule is Cc1cccc2c1N(C1CCN(CC(=O)Nc3ccc4c(c3)C(O)c3ccccc3-4)CC1)C(=O)OC2.Cl. The molecule has 1 saturated heterocycles. The Hall–Kier alpha value is -3.39. The first kappa shape index (κ1) is 25.3. The number of para-hydroxylation sites is 1. The van der Waals surface area contributed by atoms with Crippen molar-refractivity contribution >= 4 is 35.8 Å². The van der Waals surface area contributed by atoms with Gasteiger partial charge in [-0.15, -0.1) is 12.4 Å². The van der Waals surface area contributed by atoms with Crippen LogP contribution in [0.2, 0.25) is 0 Å². The molecule has 0 saturated carbocycles. The largest absolute Gasteiger partial charge is 0.444 e. The van der Waals surface area contributed by atoms with Gasteiger partial charge in [0.1, 0.15) is 12.7 Å².